The van der Waals surface area contributed by atoms with E-state index in [1.165, 1.54) is 13.0 Å². The number of anilines is 1. The molecule has 3 saturated heterocycles. The van der Waals surface area contributed by atoms with Crippen molar-refractivity contribution in [2.45, 2.75) is 64.7 Å². The molecule has 3 aliphatic rings. The summed E-state index contributed by atoms with van der Waals surface area (Å²) in [6, 6.07) is 3.80. The van der Waals surface area contributed by atoms with Gasteiger partial charge in [-0.15, -0.1) is 0 Å². The van der Waals surface area contributed by atoms with Crippen LogP contribution < -0.4 is 10.9 Å². The lowest BCUT2D eigenvalue weighted by atomic mass is 9.79. The van der Waals surface area contributed by atoms with E-state index in [2.05, 4.69) is 20.2 Å². The Hall–Kier alpha value is -2.94. The van der Waals surface area contributed by atoms with Gasteiger partial charge in [0, 0.05) is 31.4 Å². The minimum Gasteiger partial charge on any atom is -0.363 e. The Morgan fingerprint density at radius 2 is 1.69 bits per heavy atom. The molecule has 9 heteroatoms. The molecule has 186 valence electrons. The monoisotopic (exact) mass is 485 g/mol. The zero-order valence-corrected chi connectivity index (χ0v) is 20.5. The number of pyridine rings is 1. The number of alkyl halides is 3. The lowest BCUT2D eigenvalue weighted by Crippen LogP contribution is -2.56. The fourth-order valence-corrected chi connectivity index (χ4v) is 5.80. The van der Waals surface area contributed by atoms with Gasteiger partial charge in [-0.25, -0.2) is 9.97 Å². The number of piperidine rings is 3. The van der Waals surface area contributed by atoms with Crippen LogP contribution in [0.2, 0.25) is 0 Å². The Morgan fingerprint density at radius 1 is 1.03 bits per heavy atom. The normalized spacial score (nSPS) is 23.0. The fraction of sp³-hybridized carbons (Fsp3) is 0.500. The summed E-state index contributed by atoms with van der Waals surface area (Å²) in [5.41, 5.74) is 1.01. The van der Waals surface area contributed by atoms with E-state index in [0.717, 1.165) is 45.0 Å². The topological polar surface area (TPSA) is 63.1 Å². The molecule has 0 aliphatic carbocycles. The van der Waals surface area contributed by atoms with Crippen molar-refractivity contribution in [3.05, 3.63) is 62.8 Å². The maximum absolute atomic E-state index is 13.5. The molecule has 2 bridgehead atoms. The van der Waals surface area contributed by atoms with Crippen LogP contribution in [-0.4, -0.2) is 39.1 Å². The van der Waals surface area contributed by atoms with Gasteiger partial charge in [0.05, 0.1) is 28.0 Å². The third-order valence-electron chi connectivity index (χ3n) is 7.90. The van der Waals surface area contributed by atoms with Gasteiger partial charge < -0.3 is 14.8 Å². The highest BCUT2D eigenvalue weighted by molar-refractivity contribution is 5.90. The largest absolute Gasteiger partial charge is 0.416 e. The molecule has 0 amide bonds. The van der Waals surface area contributed by atoms with Crippen molar-refractivity contribution in [3.63, 3.8) is 0 Å². The minimum atomic E-state index is -4.42. The van der Waals surface area contributed by atoms with E-state index >= 15 is 0 Å². The second kappa shape index (κ2) is 8.33. The summed E-state index contributed by atoms with van der Waals surface area (Å²) in [4.78, 5) is 25.1. The fourth-order valence-electron chi connectivity index (χ4n) is 5.80. The molecule has 35 heavy (non-hydrogen) atoms. The highest BCUT2D eigenvalue weighted by atomic mass is 19.4. The van der Waals surface area contributed by atoms with Crippen molar-refractivity contribution in [2.75, 3.05) is 25.0 Å². The number of hydrogen-bond donors (Lipinski definition) is 1. The standard InChI is InChI=1S/C26H30F3N5O/c1-15-19(6-5-7-21(15)26(27,28)29)17(3)30-23-20-14-34(25-8-11-33(12-9-25)13-10-25)24(35)16(2)22(20)31-18(4)32-23/h5-7,14,17H,8-13H2,1-4H3,(H,30,31,32)/t17-/m0/s1. The van der Waals surface area contributed by atoms with Crippen LogP contribution in [0.15, 0.2) is 29.2 Å². The Kier molecular flexibility index (Phi) is 5.66. The average Bonchev–Trinajstić information content (AvgIpc) is 2.82. The minimum absolute atomic E-state index is 0.0290. The zero-order chi connectivity index (χ0) is 25.1. The average molecular weight is 486 g/mol. The lowest BCUT2D eigenvalue weighted by Gasteiger charge is -2.49. The van der Waals surface area contributed by atoms with Crippen LogP contribution in [-0.2, 0) is 11.7 Å². The van der Waals surface area contributed by atoms with Crippen LogP contribution in [0, 0.1) is 20.8 Å². The van der Waals surface area contributed by atoms with Gasteiger partial charge in [0.1, 0.15) is 11.6 Å². The quantitative estimate of drug-likeness (QED) is 0.557. The van der Waals surface area contributed by atoms with Crippen molar-refractivity contribution >= 4 is 16.7 Å². The van der Waals surface area contributed by atoms with Gasteiger partial charge in [-0.2, -0.15) is 13.2 Å². The summed E-state index contributed by atoms with van der Waals surface area (Å²) in [7, 11) is 0. The first kappa shape index (κ1) is 23.8. The Bertz CT molecular complexity index is 1340. The SMILES string of the molecule is Cc1nc(N[C@@H](C)c2cccc(C(F)(F)F)c2C)c2cn(C34CCN(CC3)CC4)c(=O)c(C)c2n1. The van der Waals surface area contributed by atoms with Crippen LogP contribution in [0.4, 0.5) is 19.0 Å². The third kappa shape index (κ3) is 3.99. The summed E-state index contributed by atoms with van der Waals surface area (Å²) in [6.45, 7) is 9.80. The molecule has 0 unspecified atom stereocenters. The molecular formula is C26H30F3N5O. The van der Waals surface area contributed by atoms with Crippen molar-refractivity contribution in [3.8, 4) is 0 Å². The molecule has 3 fully saturated rings. The summed E-state index contributed by atoms with van der Waals surface area (Å²) >= 11 is 0. The highest BCUT2D eigenvalue weighted by Gasteiger charge is 2.42. The Morgan fingerprint density at radius 3 is 2.31 bits per heavy atom. The van der Waals surface area contributed by atoms with E-state index in [1.54, 1.807) is 19.9 Å². The number of aryl methyl sites for hydroxylation is 2. The van der Waals surface area contributed by atoms with Gasteiger partial charge in [-0.3, -0.25) is 4.79 Å². The Balaban J connectivity index is 1.61. The van der Waals surface area contributed by atoms with Crippen LogP contribution in [0.3, 0.4) is 0 Å². The smallest absolute Gasteiger partial charge is 0.363 e. The van der Waals surface area contributed by atoms with Crippen molar-refractivity contribution in [1.29, 1.82) is 0 Å². The number of fused-ring (bicyclic) bond motifs is 4. The van der Waals surface area contributed by atoms with E-state index in [1.807, 2.05) is 17.7 Å². The van der Waals surface area contributed by atoms with E-state index in [0.29, 0.717) is 33.7 Å². The lowest BCUT2D eigenvalue weighted by molar-refractivity contribution is -0.138. The molecule has 1 aromatic carbocycles. The molecule has 6 nitrogen and oxygen atoms in total. The zero-order valence-electron chi connectivity index (χ0n) is 20.5. The van der Waals surface area contributed by atoms with Crippen molar-refractivity contribution in [1.82, 2.24) is 19.4 Å². The molecule has 5 heterocycles. The highest BCUT2D eigenvalue weighted by Crippen LogP contribution is 2.39. The third-order valence-corrected chi connectivity index (χ3v) is 7.90. The molecule has 1 N–H and O–H groups in total. The molecule has 0 saturated carbocycles. The molecular weight excluding hydrogens is 455 g/mol. The number of hydrogen-bond acceptors (Lipinski definition) is 5. The second-order valence-corrected chi connectivity index (χ2v) is 10.0. The summed E-state index contributed by atoms with van der Waals surface area (Å²) in [5.74, 6) is 1.02. The summed E-state index contributed by atoms with van der Waals surface area (Å²) in [6.07, 6.45) is 0.229. The van der Waals surface area contributed by atoms with Gasteiger partial charge in [-0.1, -0.05) is 12.1 Å². The van der Waals surface area contributed by atoms with Gasteiger partial charge in [-0.05, 0) is 64.2 Å². The van der Waals surface area contributed by atoms with Crippen molar-refractivity contribution < 1.29 is 13.2 Å². The first-order valence-electron chi connectivity index (χ1n) is 12.1. The number of halogens is 3. The van der Waals surface area contributed by atoms with E-state index < -0.39 is 17.8 Å². The number of rotatable bonds is 4. The van der Waals surface area contributed by atoms with Crippen LogP contribution in [0.1, 0.15) is 60.3 Å². The summed E-state index contributed by atoms with van der Waals surface area (Å²) in [5, 5.41) is 4.05. The predicted molar refractivity (Wildman–Crippen MR) is 130 cm³/mol. The van der Waals surface area contributed by atoms with Gasteiger partial charge >= 0.3 is 6.18 Å². The van der Waals surface area contributed by atoms with Gasteiger partial charge in [0.25, 0.3) is 5.56 Å². The molecule has 2 aromatic heterocycles. The second-order valence-electron chi connectivity index (χ2n) is 10.0. The summed E-state index contributed by atoms with van der Waals surface area (Å²) < 4.78 is 42.3. The molecule has 3 aromatic rings. The van der Waals surface area contributed by atoms with Gasteiger partial charge in [0.2, 0.25) is 0 Å². The number of nitrogens with one attached hydrogen (secondary N) is 1. The number of aromatic nitrogens is 3. The molecule has 1 atom stereocenters. The van der Waals surface area contributed by atoms with Crippen LogP contribution in [0.5, 0.6) is 0 Å². The molecule has 3 aliphatic heterocycles. The van der Waals surface area contributed by atoms with E-state index in [4.69, 9.17) is 0 Å². The predicted octanol–water partition coefficient (Wildman–Crippen LogP) is 5.10. The first-order chi connectivity index (χ1) is 16.5. The molecule has 0 radical (unpaired) electrons. The maximum atomic E-state index is 13.5. The van der Waals surface area contributed by atoms with Gasteiger partial charge in [0.15, 0.2) is 0 Å². The van der Waals surface area contributed by atoms with E-state index in [-0.39, 0.29) is 16.7 Å². The van der Waals surface area contributed by atoms with Crippen LogP contribution >= 0.6 is 0 Å². The number of benzene rings is 1. The maximum Gasteiger partial charge on any atom is 0.416 e. The van der Waals surface area contributed by atoms with Crippen molar-refractivity contribution in [2.24, 2.45) is 0 Å². The Labute approximate surface area is 202 Å². The molecule has 0 spiro atoms. The van der Waals surface area contributed by atoms with E-state index in [9.17, 15) is 18.0 Å². The number of nitrogens with zero attached hydrogens (tertiary/aromatic N) is 4. The molecule has 6 rings (SSSR count). The van der Waals surface area contributed by atoms with Crippen LogP contribution in [0.25, 0.3) is 10.9 Å². The first-order valence-corrected chi connectivity index (χ1v) is 12.1.